The van der Waals surface area contributed by atoms with Crippen molar-refractivity contribution in [1.82, 2.24) is 0 Å². The molecular weight excluding hydrogens is 225 g/mol. The maximum atomic E-state index is 13.6. The third kappa shape index (κ3) is 2.12. The highest BCUT2D eigenvalue weighted by molar-refractivity contribution is 5.69. The first-order valence-corrected chi connectivity index (χ1v) is 5.96. The van der Waals surface area contributed by atoms with Crippen LogP contribution in [0.25, 0.3) is 11.1 Å². The fourth-order valence-corrected chi connectivity index (χ4v) is 2.22. The summed E-state index contributed by atoms with van der Waals surface area (Å²) in [6.45, 7) is 4.15. The van der Waals surface area contributed by atoms with Gasteiger partial charge in [-0.2, -0.15) is 5.26 Å². The molecule has 0 fully saturated rings. The van der Waals surface area contributed by atoms with Crippen molar-refractivity contribution in [3.05, 3.63) is 58.9 Å². The molecule has 0 aliphatic rings. The summed E-state index contributed by atoms with van der Waals surface area (Å²) >= 11 is 0. The lowest BCUT2D eigenvalue weighted by Gasteiger charge is -2.11. The number of hydrogen-bond donors (Lipinski definition) is 0. The second kappa shape index (κ2) is 5.01. The zero-order valence-corrected chi connectivity index (χ0v) is 10.5. The first-order chi connectivity index (χ1) is 8.67. The standard InChI is InChI=1S/C16H14FN/c1-3-14-11(2)5-4-6-15(14)12-7-8-13(10-18)16(17)9-12/h4-9H,3H2,1-2H3. The first-order valence-electron chi connectivity index (χ1n) is 5.96. The monoisotopic (exact) mass is 239 g/mol. The van der Waals surface area contributed by atoms with Crippen molar-refractivity contribution in [2.24, 2.45) is 0 Å². The first kappa shape index (κ1) is 12.3. The summed E-state index contributed by atoms with van der Waals surface area (Å²) in [6.07, 6.45) is 0.906. The Morgan fingerprint density at radius 1 is 1.22 bits per heavy atom. The van der Waals surface area contributed by atoms with E-state index >= 15 is 0 Å². The molecule has 0 heterocycles. The topological polar surface area (TPSA) is 23.8 Å². The second-order valence-corrected chi connectivity index (χ2v) is 4.26. The van der Waals surface area contributed by atoms with Gasteiger partial charge in [0.05, 0.1) is 5.56 Å². The number of benzene rings is 2. The Labute approximate surface area is 107 Å². The van der Waals surface area contributed by atoms with Crippen LogP contribution in [0.1, 0.15) is 23.6 Å². The number of rotatable bonds is 2. The molecule has 0 amide bonds. The van der Waals surface area contributed by atoms with E-state index < -0.39 is 5.82 Å². The number of nitriles is 1. The third-order valence-corrected chi connectivity index (χ3v) is 3.16. The van der Waals surface area contributed by atoms with Crippen molar-refractivity contribution in [3.8, 4) is 17.2 Å². The van der Waals surface area contributed by atoms with Crippen LogP contribution in [0.15, 0.2) is 36.4 Å². The minimum Gasteiger partial charge on any atom is -0.206 e. The predicted octanol–water partition coefficient (Wildman–Crippen LogP) is 4.24. The second-order valence-electron chi connectivity index (χ2n) is 4.26. The van der Waals surface area contributed by atoms with Gasteiger partial charge in [-0.25, -0.2) is 4.39 Å². The molecule has 2 aromatic carbocycles. The third-order valence-electron chi connectivity index (χ3n) is 3.16. The Balaban J connectivity index is 2.60. The normalized spacial score (nSPS) is 10.1. The molecule has 2 heteroatoms. The molecule has 0 aliphatic heterocycles. The number of aryl methyl sites for hydroxylation is 1. The van der Waals surface area contributed by atoms with Crippen LogP contribution >= 0.6 is 0 Å². The van der Waals surface area contributed by atoms with Gasteiger partial charge in [-0.15, -0.1) is 0 Å². The van der Waals surface area contributed by atoms with Crippen LogP contribution in [0.2, 0.25) is 0 Å². The van der Waals surface area contributed by atoms with Gasteiger partial charge in [-0.3, -0.25) is 0 Å². The van der Waals surface area contributed by atoms with E-state index in [1.807, 2.05) is 18.2 Å². The highest BCUT2D eigenvalue weighted by atomic mass is 19.1. The van der Waals surface area contributed by atoms with Crippen molar-refractivity contribution in [2.75, 3.05) is 0 Å². The van der Waals surface area contributed by atoms with Gasteiger partial charge in [0.15, 0.2) is 0 Å². The van der Waals surface area contributed by atoms with Crippen molar-refractivity contribution in [2.45, 2.75) is 20.3 Å². The van der Waals surface area contributed by atoms with Crippen LogP contribution in [-0.4, -0.2) is 0 Å². The maximum absolute atomic E-state index is 13.6. The van der Waals surface area contributed by atoms with Gasteiger partial charge in [0.1, 0.15) is 11.9 Å². The van der Waals surface area contributed by atoms with Crippen LogP contribution in [0, 0.1) is 24.1 Å². The van der Waals surface area contributed by atoms with Crippen LogP contribution in [0.3, 0.4) is 0 Å². The molecule has 0 unspecified atom stereocenters. The van der Waals surface area contributed by atoms with Crippen LogP contribution in [0.5, 0.6) is 0 Å². The summed E-state index contributed by atoms with van der Waals surface area (Å²) < 4.78 is 13.6. The fourth-order valence-electron chi connectivity index (χ4n) is 2.22. The summed E-state index contributed by atoms with van der Waals surface area (Å²) in [5.74, 6) is -0.460. The van der Waals surface area contributed by atoms with Crippen molar-refractivity contribution in [1.29, 1.82) is 5.26 Å². The minimum atomic E-state index is -0.460. The Hall–Kier alpha value is -2.14. The predicted molar refractivity (Wildman–Crippen MR) is 70.7 cm³/mol. The van der Waals surface area contributed by atoms with Crippen molar-refractivity contribution >= 4 is 0 Å². The molecule has 0 aromatic heterocycles. The molecule has 0 aliphatic carbocycles. The molecule has 0 saturated carbocycles. The van der Waals surface area contributed by atoms with E-state index in [4.69, 9.17) is 5.26 Å². The molecule has 0 radical (unpaired) electrons. The molecule has 18 heavy (non-hydrogen) atoms. The molecule has 0 spiro atoms. The summed E-state index contributed by atoms with van der Waals surface area (Å²) in [5.41, 5.74) is 4.39. The van der Waals surface area contributed by atoms with Gasteiger partial charge in [0, 0.05) is 0 Å². The number of nitrogens with zero attached hydrogens (tertiary/aromatic N) is 1. The average molecular weight is 239 g/mol. The quantitative estimate of drug-likeness (QED) is 0.769. The molecule has 0 N–H and O–H groups in total. The number of hydrogen-bond acceptors (Lipinski definition) is 1. The van der Waals surface area contributed by atoms with E-state index in [1.54, 1.807) is 6.07 Å². The van der Waals surface area contributed by atoms with Gasteiger partial charge in [-0.05, 0) is 47.7 Å². The summed E-state index contributed by atoms with van der Waals surface area (Å²) in [7, 11) is 0. The molecule has 0 saturated heterocycles. The highest BCUT2D eigenvalue weighted by Crippen LogP contribution is 2.27. The lowest BCUT2D eigenvalue weighted by molar-refractivity contribution is 0.624. The molecule has 90 valence electrons. The van der Waals surface area contributed by atoms with Gasteiger partial charge in [0.25, 0.3) is 0 Å². The molecule has 0 atom stereocenters. The van der Waals surface area contributed by atoms with Crippen LogP contribution in [0.4, 0.5) is 4.39 Å². The largest absolute Gasteiger partial charge is 0.206 e. The van der Waals surface area contributed by atoms with E-state index in [1.165, 1.54) is 23.3 Å². The Kier molecular flexibility index (Phi) is 3.43. The average Bonchev–Trinajstić information content (AvgIpc) is 2.38. The van der Waals surface area contributed by atoms with Crippen molar-refractivity contribution in [3.63, 3.8) is 0 Å². The molecule has 0 bridgehead atoms. The van der Waals surface area contributed by atoms with E-state index in [9.17, 15) is 4.39 Å². The molecule has 2 aromatic rings. The van der Waals surface area contributed by atoms with Crippen LogP contribution in [-0.2, 0) is 6.42 Å². The minimum absolute atomic E-state index is 0.0875. The van der Waals surface area contributed by atoms with Crippen LogP contribution < -0.4 is 0 Å². The van der Waals surface area contributed by atoms with Gasteiger partial charge in [0.2, 0.25) is 0 Å². The van der Waals surface area contributed by atoms with E-state index in [0.717, 1.165) is 17.5 Å². The zero-order chi connectivity index (χ0) is 13.1. The van der Waals surface area contributed by atoms with E-state index in [2.05, 4.69) is 19.9 Å². The number of halogens is 1. The molecule has 2 rings (SSSR count). The SMILES string of the molecule is CCc1c(C)cccc1-c1ccc(C#N)c(F)c1. The Morgan fingerprint density at radius 3 is 2.61 bits per heavy atom. The maximum Gasteiger partial charge on any atom is 0.141 e. The summed E-state index contributed by atoms with van der Waals surface area (Å²) in [5, 5.41) is 8.73. The smallest absolute Gasteiger partial charge is 0.141 e. The van der Waals surface area contributed by atoms with Gasteiger partial charge < -0.3 is 0 Å². The van der Waals surface area contributed by atoms with Crippen molar-refractivity contribution < 1.29 is 4.39 Å². The lowest BCUT2D eigenvalue weighted by Crippen LogP contribution is -1.93. The van der Waals surface area contributed by atoms with E-state index in [0.29, 0.717) is 0 Å². The Bertz CT molecular complexity index is 623. The van der Waals surface area contributed by atoms with Gasteiger partial charge in [-0.1, -0.05) is 31.2 Å². The van der Waals surface area contributed by atoms with E-state index in [-0.39, 0.29) is 5.56 Å². The van der Waals surface area contributed by atoms with Gasteiger partial charge >= 0.3 is 0 Å². The summed E-state index contributed by atoms with van der Waals surface area (Å²) in [6, 6.07) is 12.6. The highest BCUT2D eigenvalue weighted by Gasteiger charge is 2.09. The zero-order valence-electron chi connectivity index (χ0n) is 10.5. The molecular formula is C16H14FN. The Morgan fingerprint density at radius 2 is 2.00 bits per heavy atom. The summed E-state index contributed by atoms with van der Waals surface area (Å²) in [4.78, 5) is 0. The fraction of sp³-hybridized carbons (Fsp3) is 0.188. The lowest BCUT2D eigenvalue weighted by atomic mass is 9.94. The molecule has 1 nitrogen and oxygen atoms in total.